The average Bonchev–Trinajstić information content (AvgIpc) is 3.25. The lowest BCUT2D eigenvalue weighted by Gasteiger charge is -2.28. The van der Waals surface area contributed by atoms with Crippen LogP contribution in [0.5, 0.6) is 0 Å². The van der Waals surface area contributed by atoms with Gasteiger partial charge in [0.25, 0.3) is 5.56 Å². The van der Waals surface area contributed by atoms with E-state index in [2.05, 4.69) is 37.1 Å². The Morgan fingerprint density at radius 2 is 1.91 bits per heavy atom. The van der Waals surface area contributed by atoms with Gasteiger partial charge in [-0.05, 0) is 13.0 Å². The Hall–Kier alpha value is -4.03. The third-order valence-electron chi connectivity index (χ3n) is 5.61. The Labute approximate surface area is 191 Å². The number of fused-ring (bicyclic) bond motifs is 1. The molecular weight excluding hydrogens is 416 g/mol. The van der Waals surface area contributed by atoms with Crippen LogP contribution in [0.2, 0.25) is 0 Å². The molecular formula is C24H24N8O. The van der Waals surface area contributed by atoms with Gasteiger partial charge in [-0.15, -0.1) is 5.92 Å². The van der Waals surface area contributed by atoms with E-state index >= 15 is 0 Å². The van der Waals surface area contributed by atoms with Gasteiger partial charge in [-0.1, -0.05) is 36.3 Å². The first-order valence-corrected chi connectivity index (χ1v) is 10.9. The van der Waals surface area contributed by atoms with Crippen LogP contribution in [0.3, 0.4) is 0 Å². The molecule has 4 heterocycles. The zero-order valence-corrected chi connectivity index (χ0v) is 18.4. The van der Waals surface area contributed by atoms with Crippen LogP contribution in [0.15, 0.2) is 53.6 Å². The van der Waals surface area contributed by atoms with E-state index in [4.69, 9.17) is 4.98 Å². The molecule has 4 aromatic rings. The van der Waals surface area contributed by atoms with Crippen LogP contribution >= 0.6 is 0 Å². The molecule has 1 N–H and O–H groups in total. The highest BCUT2D eigenvalue weighted by molar-refractivity contribution is 5.77. The van der Waals surface area contributed by atoms with Gasteiger partial charge in [-0.3, -0.25) is 9.36 Å². The summed E-state index contributed by atoms with van der Waals surface area (Å²) in [5, 5.41) is 7.71. The van der Waals surface area contributed by atoms with Crippen molar-refractivity contribution in [2.75, 3.05) is 31.1 Å². The number of piperazine rings is 1. The summed E-state index contributed by atoms with van der Waals surface area (Å²) < 4.78 is 3.30. The van der Waals surface area contributed by atoms with Crippen molar-refractivity contribution in [1.29, 1.82) is 0 Å². The molecule has 5 rings (SSSR count). The normalized spacial score (nSPS) is 13.7. The number of imidazole rings is 1. The van der Waals surface area contributed by atoms with Crippen molar-refractivity contribution in [2.24, 2.45) is 0 Å². The van der Waals surface area contributed by atoms with E-state index in [1.54, 1.807) is 19.3 Å². The fourth-order valence-corrected chi connectivity index (χ4v) is 3.98. The summed E-state index contributed by atoms with van der Waals surface area (Å²) in [6, 6.07) is 11.7. The van der Waals surface area contributed by atoms with Crippen LogP contribution in [0.1, 0.15) is 12.7 Å². The third kappa shape index (κ3) is 4.21. The van der Waals surface area contributed by atoms with Gasteiger partial charge >= 0.3 is 0 Å². The number of nitrogens with one attached hydrogen (secondary N) is 1. The van der Waals surface area contributed by atoms with E-state index in [-0.39, 0.29) is 12.1 Å². The van der Waals surface area contributed by atoms with Crippen molar-refractivity contribution in [3.63, 3.8) is 0 Å². The van der Waals surface area contributed by atoms with Gasteiger partial charge in [-0.2, -0.15) is 5.10 Å². The van der Waals surface area contributed by atoms with Gasteiger partial charge < -0.3 is 10.2 Å². The van der Waals surface area contributed by atoms with Gasteiger partial charge in [-0.25, -0.2) is 19.6 Å². The van der Waals surface area contributed by atoms with Gasteiger partial charge in [0.2, 0.25) is 5.95 Å². The summed E-state index contributed by atoms with van der Waals surface area (Å²) in [4.78, 5) is 29.4. The highest BCUT2D eigenvalue weighted by atomic mass is 16.1. The second kappa shape index (κ2) is 9.22. The van der Waals surface area contributed by atoms with Crippen LogP contribution in [0.25, 0.3) is 22.3 Å². The second-order valence-corrected chi connectivity index (χ2v) is 7.73. The Bertz CT molecular complexity index is 1390. The minimum absolute atomic E-state index is 0.170. The quantitative estimate of drug-likeness (QED) is 0.471. The Morgan fingerprint density at radius 3 is 2.70 bits per heavy atom. The van der Waals surface area contributed by atoms with E-state index < -0.39 is 0 Å². The number of hydrogen-bond donors (Lipinski definition) is 1. The summed E-state index contributed by atoms with van der Waals surface area (Å²) in [7, 11) is 0. The Kier molecular flexibility index (Phi) is 5.83. The first-order valence-electron chi connectivity index (χ1n) is 10.9. The zero-order chi connectivity index (χ0) is 22.6. The molecule has 166 valence electrons. The molecule has 1 aromatic carbocycles. The molecule has 0 aliphatic carbocycles. The fourth-order valence-electron chi connectivity index (χ4n) is 3.98. The van der Waals surface area contributed by atoms with Crippen molar-refractivity contribution >= 4 is 17.0 Å². The lowest BCUT2D eigenvalue weighted by Crippen LogP contribution is -2.44. The maximum absolute atomic E-state index is 13.5. The minimum atomic E-state index is -0.229. The maximum Gasteiger partial charge on any atom is 0.293 e. The van der Waals surface area contributed by atoms with Gasteiger partial charge in [0.1, 0.15) is 17.6 Å². The third-order valence-corrected chi connectivity index (χ3v) is 5.61. The molecule has 1 saturated heterocycles. The van der Waals surface area contributed by atoms with Crippen LogP contribution in [-0.4, -0.2) is 55.5 Å². The van der Waals surface area contributed by atoms with E-state index in [9.17, 15) is 4.79 Å². The molecule has 3 aromatic heterocycles. The molecule has 0 spiro atoms. The molecule has 0 unspecified atom stereocenters. The highest BCUT2D eigenvalue weighted by Gasteiger charge is 2.21. The first kappa shape index (κ1) is 20.8. The van der Waals surface area contributed by atoms with E-state index in [0.29, 0.717) is 23.4 Å². The van der Waals surface area contributed by atoms with Crippen molar-refractivity contribution in [3.8, 4) is 23.1 Å². The van der Waals surface area contributed by atoms with Gasteiger partial charge in [0.05, 0.1) is 18.4 Å². The topological polar surface area (TPSA) is 93.8 Å². The molecule has 0 radical (unpaired) electrons. The van der Waals surface area contributed by atoms with Crippen molar-refractivity contribution in [1.82, 2.24) is 34.6 Å². The molecule has 0 saturated carbocycles. The minimum Gasteiger partial charge on any atom is -0.340 e. The van der Waals surface area contributed by atoms with Crippen molar-refractivity contribution in [3.05, 3.63) is 65.0 Å². The number of benzene rings is 1. The number of rotatable bonds is 5. The summed E-state index contributed by atoms with van der Waals surface area (Å²) >= 11 is 0. The summed E-state index contributed by atoms with van der Waals surface area (Å²) in [5.74, 6) is 7.28. The standard InChI is InChI=1S/C24H24N8O/c1-2-3-13-31-22-20(29-24(31)30-14-11-25-12-15-30)16-27-32(23(22)33)17-21-26-10-9-19(28-21)18-7-5-4-6-8-18/h4-10,16,25H,11-15,17H2,1H3. The molecule has 33 heavy (non-hydrogen) atoms. The zero-order valence-electron chi connectivity index (χ0n) is 18.4. The summed E-state index contributed by atoms with van der Waals surface area (Å²) in [6.45, 7) is 5.75. The number of aromatic nitrogens is 6. The van der Waals surface area contributed by atoms with Gasteiger partial charge in [0.15, 0.2) is 5.82 Å². The van der Waals surface area contributed by atoms with E-state index in [1.165, 1.54) is 4.68 Å². The average molecular weight is 441 g/mol. The molecule has 0 bridgehead atoms. The highest BCUT2D eigenvalue weighted by Crippen LogP contribution is 2.20. The van der Waals surface area contributed by atoms with Crippen LogP contribution in [0, 0.1) is 11.8 Å². The molecule has 1 aliphatic heterocycles. The van der Waals surface area contributed by atoms with Crippen LogP contribution in [0.4, 0.5) is 5.95 Å². The lowest BCUT2D eigenvalue weighted by atomic mass is 10.1. The van der Waals surface area contributed by atoms with Crippen molar-refractivity contribution < 1.29 is 0 Å². The van der Waals surface area contributed by atoms with E-state index in [0.717, 1.165) is 43.4 Å². The first-order chi connectivity index (χ1) is 16.2. The molecule has 9 heteroatoms. The Morgan fingerprint density at radius 1 is 1.09 bits per heavy atom. The fraction of sp³-hybridized carbons (Fsp3) is 0.292. The second-order valence-electron chi connectivity index (χ2n) is 7.73. The van der Waals surface area contributed by atoms with Crippen molar-refractivity contribution in [2.45, 2.75) is 20.0 Å². The predicted molar refractivity (Wildman–Crippen MR) is 127 cm³/mol. The molecule has 0 atom stereocenters. The van der Waals surface area contributed by atoms with Crippen LogP contribution < -0.4 is 15.8 Å². The summed E-state index contributed by atoms with van der Waals surface area (Å²) in [5.41, 5.74) is 2.64. The maximum atomic E-state index is 13.5. The largest absolute Gasteiger partial charge is 0.340 e. The van der Waals surface area contributed by atoms with Gasteiger partial charge in [0, 0.05) is 37.9 Å². The Balaban J connectivity index is 1.54. The molecule has 0 amide bonds. The van der Waals surface area contributed by atoms with Crippen LogP contribution in [-0.2, 0) is 13.1 Å². The SMILES string of the molecule is CC#CCn1c(N2CCNCC2)nc2cnn(Cc3nccc(-c4ccccc4)n3)c(=O)c21. The van der Waals surface area contributed by atoms with E-state index in [1.807, 2.05) is 41.0 Å². The monoisotopic (exact) mass is 440 g/mol. The smallest absolute Gasteiger partial charge is 0.293 e. The molecule has 1 fully saturated rings. The summed E-state index contributed by atoms with van der Waals surface area (Å²) in [6.07, 6.45) is 3.34. The number of hydrogen-bond acceptors (Lipinski definition) is 7. The molecule has 9 nitrogen and oxygen atoms in total. The predicted octanol–water partition coefficient (Wildman–Crippen LogP) is 1.53. The number of nitrogens with zero attached hydrogens (tertiary/aromatic N) is 7. The molecule has 1 aliphatic rings. The number of anilines is 1. The lowest BCUT2D eigenvalue weighted by molar-refractivity contribution is 0.572.